The van der Waals surface area contributed by atoms with Gasteiger partial charge in [-0.2, -0.15) is 15.0 Å². The number of aryl methyl sites for hydroxylation is 2. The molecule has 162 valence electrons. The van der Waals surface area contributed by atoms with Crippen LogP contribution in [-0.4, -0.2) is 27.5 Å². The van der Waals surface area contributed by atoms with Crippen molar-refractivity contribution in [2.45, 2.75) is 46.1 Å². The normalized spacial score (nSPS) is 16.3. The maximum atomic E-state index is 6.29. The lowest BCUT2D eigenvalue weighted by Crippen LogP contribution is -2.38. The molecule has 2 heterocycles. The fraction of sp³-hybridized carbons (Fsp3) is 0.348. The predicted octanol–water partition coefficient (Wildman–Crippen LogP) is 6.66. The first kappa shape index (κ1) is 21.7. The van der Waals surface area contributed by atoms with Gasteiger partial charge in [0.2, 0.25) is 17.8 Å². The van der Waals surface area contributed by atoms with E-state index in [4.69, 9.17) is 33.2 Å². The van der Waals surface area contributed by atoms with Crippen molar-refractivity contribution in [1.82, 2.24) is 15.0 Å². The number of rotatable bonds is 5. The summed E-state index contributed by atoms with van der Waals surface area (Å²) in [6, 6.07) is 12.0. The molecule has 8 heteroatoms. The van der Waals surface area contributed by atoms with Gasteiger partial charge in [-0.05, 0) is 75.4 Å². The third kappa shape index (κ3) is 5.20. The first-order valence-electron chi connectivity index (χ1n) is 10.5. The van der Waals surface area contributed by atoms with E-state index >= 15 is 0 Å². The summed E-state index contributed by atoms with van der Waals surface area (Å²) in [7, 11) is 0. The topological polar surface area (TPSA) is 66.0 Å². The molecule has 0 saturated carbocycles. The van der Waals surface area contributed by atoms with Crippen LogP contribution in [0, 0.1) is 13.8 Å². The van der Waals surface area contributed by atoms with E-state index in [0.29, 0.717) is 33.9 Å². The third-order valence-corrected chi connectivity index (χ3v) is 6.35. The van der Waals surface area contributed by atoms with Gasteiger partial charge in [-0.15, -0.1) is 0 Å². The largest absolute Gasteiger partial charge is 0.338 e. The fourth-order valence-corrected chi connectivity index (χ4v) is 3.96. The Hall–Kier alpha value is -2.57. The number of aromatic nitrogens is 3. The van der Waals surface area contributed by atoms with Gasteiger partial charge in [0, 0.05) is 34.0 Å². The van der Waals surface area contributed by atoms with Crippen molar-refractivity contribution in [1.29, 1.82) is 0 Å². The van der Waals surface area contributed by atoms with Crippen molar-refractivity contribution in [3.63, 3.8) is 0 Å². The Morgan fingerprint density at radius 2 is 1.39 bits per heavy atom. The molecule has 0 radical (unpaired) electrons. The molecule has 4 rings (SSSR count). The monoisotopic (exact) mass is 456 g/mol. The summed E-state index contributed by atoms with van der Waals surface area (Å²) >= 11 is 12.6. The van der Waals surface area contributed by atoms with Gasteiger partial charge < -0.3 is 15.5 Å². The molecule has 3 aromatic rings. The van der Waals surface area contributed by atoms with Gasteiger partial charge in [-0.3, -0.25) is 0 Å². The highest BCUT2D eigenvalue weighted by molar-refractivity contribution is 6.32. The van der Waals surface area contributed by atoms with Crippen LogP contribution >= 0.6 is 23.2 Å². The molecule has 6 nitrogen and oxygen atoms in total. The SMILES string of the molecule is Cc1ccc(Nc2nc(Nc3ccc(C)c(Cl)c3)nc(N3CCCCC3C)n2)cc1Cl. The van der Waals surface area contributed by atoms with Crippen molar-refractivity contribution in [2.75, 3.05) is 22.1 Å². The molecule has 1 fully saturated rings. The zero-order chi connectivity index (χ0) is 22.0. The van der Waals surface area contributed by atoms with E-state index in [1.165, 1.54) is 6.42 Å². The minimum Gasteiger partial charge on any atom is -0.338 e. The number of halogens is 2. The number of anilines is 5. The van der Waals surface area contributed by atoms with E-state index in [9.17, 15) is 0 Å². The van der Waals surface area contributed by atoms with Gasteiger partial charge in [0.25, 0.3) is 0 Å². The molecular weight excluding hydrogens is 431 g/mol. The molecule has 1 unspecified atom stereocenters. The first-order valence-corrected chi connectivity index (χ1v) is 11.2. The number of nitrogens with one attached hydrogen (secondary N) is 2. The summed E-state index contributed by atoms with van der Waals surface area (Å²) in [5, 5.41) is 7.93. The molecule has 31 heavy (non-hydrogen) atoms. The molecule has 2 N–H and O–H groups in total. The lowest BCUT2D eigenvalue weighted by atomic mass is 10.0. The predicted molar refractivity (Wildman–Crippen MR) is 129 cm³/mol. The molecule has 1 aromatic heterocycles. The maximum Gasteiger partial charge on any atom is 0.233 e. The highest BCUT2D eigenvalue weighted by Gasteiger charge is 2.22. The third-order valence-electron chi connectivity index (χ3n) is 5.54. The first-order chi connectivity index (χ1) is 14.9. The number of benzene rings is 2. The van der Waals surface area contributed by atoms with Crippen LogP contribution in [-0.2, 0) is 0 Å². The summed E-state index contributed by atoms with van der Waals surface area (Å²) in [6.07, 6.45) is 3.48. The van der Waals surface area contributed by atoms with Crippen LogP contribution in [0.4, 0.5) is 29.2 Å². The molecule has 1 aliphatic rings. The Morgan fingerprint density at radius 1 is 0.839 bits per heavy atom. The van der Waals surface area contributed by atoms with Crippen molar-refractivity contribution < 1.29 is 0 Å². The second-order valence-corrected chi connectivity index (χ2v) is 8.81. The van der Waals surface area contributed by atoms with Crippen molar-refractivity contribution in [2.24, 2.45) is 0 Å². The summed E-state index contributed by atoms with van der Waals surface area (Å²) in [4.78, 5) is 16.3. The average Bonchev–Trinajstić information content (AvgIpc) is 2.74. The Kier molecular flexibility index (Phi) is 6.49. The minimum atomic E-state index is 0.375. The van der Waals surface area contributed by atoms with E-state index in [0.717, 1.165) is 41.9 Å². The van der Waals surface area contributed by atoms with Crippen LogP contribution in [0.2, 0.25) is 10.0 Å². The average molecular weight is 457 g/mol. The lowest BCUT2D eigenvalue weighted by Gasteiger charge is -2.33. The molecule has 0 spiro atoms. The van der Waals surface area contributed by atoms with Crippen LogP contribution < -0.4 is 15.5 Å². The Morgan fingerprint density at radius 3 is 1.87 bits per heavy atom. The van der Waals surface area contributed by atoms with Gasteiger partial charge in [-0.25, -0.2) is 0 Å². The van der Waals surface area contributed by atoms with Gasteiger partial charge in [0.05, 0.1) is 0 Å². The second kappa shape index (κ2) is 9.28. The van der Waals surface area contributed by atoms with Gasteiger partial charge >= 0.3 is 0 Å². The Bertz CT molecular complexity index is 1020. The van der Waals surface area contributed by atoms with E-state index in [-0.39, 0.29) is 0 Å². The van der Waals surface area contributed by atoms with Gasteiger partial charge in [0.15, 0.2) is 0 Å². The quantitative estimate of drug-likeness (QED) is 0.447. The highest BCUT2D eigenvalue weighted by atomic mass is 35.5. The minimum absolute atomic E-state index is 0.375. The van der Waals surface area contributed by atoms with Gasteiger partial charge in [0.1, 0.15) is 0 Å². The molecule has 0 amide bonds. The molecule has 1 atom stereocenters. The summed E-state index contributed by atoms with van der Waals surface area (Å²) in [5.74, 6) is 1.58. The number of hydrogen-bond donors (Lipinski definition) is 2. The molecule has 2 aromatic carbocycles. The van der Waals surface area contributed by atoms with Crippen molar-refractivity contribution in [3.8, 4) is 0 Å². The smallest absolute Gasteiger partial charge is 0.233 e. The lowest BCUT2D eigenvalue weighted by molar-refractivity contribution is 0.477. The van der Waals surface area contributed by atoms with Crippen molar-refractivity contribution >= 4 is 52.4 Å². The van der Waals surface area contributed by atoms with Crippen LogP contribution in [0.1, 0.15) is 37.3 Å². The Labute approximate surface area is 193 Å². The number of hydrogen-bond acceptors (Lipinski definition) is 6. The Balaban J connectivity index is 1.68. The highest BCUT2D eigenvalue weighted by Crippen LogP contribution is 2.28. The fourth-order valence-electron chi connectivity index (χ4n) is 3.60. The zero-order valence-electron chi connectivity index (χ0n) is 17.9. The molecular formula is C23H26Cl2N6. The number of piperidine rings is 1. The van der Waals surface area contributed by atoms with Crippen LogP contribution in [0.3, 0.4) is 0 Å². The summed E-state index contributed by atoms with van der Waals surface area (Å²) in [6.45, 7) is 7.08. The molecule has 1 saturated heterocycles. The van der Waals surface area contributed by atoms with Crippen LogP contribution in [0.5, 0.6) is 0 Å². The molecule has 0 bridgehead atoms. The number of nitrogens with zero attached hydrogens (tertiary/aromatic N) is 4. The van der Waals surface area contributed by atoms with E-state index < -0.39 is 0 Å². The van der Waals surface area contributed by atoms with Crippen molar-refractivity contribution in [3.05, 3.63) is 57.6 Å². The van der Waals surface area contributed by atoms with Gasteiger partial charge in [-0.1, -0.05) is 35.3 Å². The standard InChI is InChI=1S/C23H26Cl2N6/c1-14-7-9-17(12-19(14)24)26-21-28-22(27-18-10-8-15(2)20(25)13-18)30-23(29-21)31-11-5-4-6-16(31)3/h7-10,12-13,16H,4-6,11H2,1-3H3,(H2,26,27,28,29,30). The van der Waals surface area contributed by atoms with E-state index in [1.54, 1.807) is 0 Å². The molecule has 0 aliphatic carbocycles. The maximum absolute atomic E-state index is 6.29. The van der Waals surface area contributed by atoms with Crippen LogP contribution in [0.25, 0.3) is 0 Å². The second-order valence-electron chi connectivity index (χ2n) is 8.00. The van der Waals surface area contributed by atoms with E-state index in [2.05, 4.69) is 27.4 Å². The summed E-state index contributed by atoms with van der Waals surface area (Å²) < 4.78 is 0. The van der Waals surface area contributed by atoms with E-state index in [1.807, 2.05) is 50.2 Å². The zero-order valence-corrected chi connectivity index (χ0v) is 19.4. The molecule has 1 aliphatic heterocycles. The van der Waals surface area contributed by atoms with Crippen LogP contribution in [0.15, 0.2) is 36.4 Å². The summed E-state index contributed by atoms with van der Waals surface area (Å²) in [5.41, 5.74) is 3.68.